The van der Waals surface area contributed by atoms with Gasteiger partial charge in [-0.1, -0.05) is 35.9 Å². The van der Waals surface area contributed by atoms with E-state index in [0.29, 0.717) is 24.6 Å². The number of aromatic carboxylic acids is 1. The molecule has 1 unspecified atom stereocenters. The lowest BCUT2D eigenvalue weighted by molar-refractivity contribution is 0.0692. The van der Waals surface area contributed by atoms with Crippen LogP contribution in [0.3, 0.4) is 0 Å². The van der Waals surface area contributed by atoms with Gasteiger partial charge < -0.3 is 9.84 Å². The third kappa shape index (κ3) is 4.83. The molecule has 2 aromatic carbocycles. The number of ether oxygens (including phenoxy) is 1. The quantitative estimate of drug-likeness (QED) is 0.865. The lowest BCUT2D eigenvalue weighted by Crippen LogP contribution is -2.37. The van der Waals surface area contributed by atoms with Gasteiger partial charge in [-0.05, 0) is 50.1 Å². The predicted octanol–water partition coefficient (Wildman–Crippen LogP) is 3.98. The van der Waals surface area contributed by atoms with Gasteiger partial charge in [-0.25, -0.2) is 4.79 Å². The maximum atomic E-state index is 11.4. The van der Waals surface area contributed by atoms with Crippen LogP contribution in [0.4, 0.5) is 0 Å². The zero-order valence-electron chi connectivity index (χ0n) is 14.6. The SMILES string of the molecule is Cc1ccc(OCC2CCCN(Cc3ccccc3C(=O)O)C2)cc1. The van der Waals surface area contributed by atoms with Crippen LogP contribution < -0.4 is 4.74 Å². The first-order valence-corrected chi connectivity index (χ1v) is 8.85. The van der Waals surface area contributed by atoms with Gasteiger partial charge in [0.2, 0.25) is 0 Å². The molecule has 25 heavy (non-hydrogen) atoms. The Morgan fingerprint density at radius 3 is 2.72 bits per heavy atom. The van der Waals surface area contributed by atoms with Crippen molar-refractivity contribution in [2.24, 2.45) is 5.92 Å². The van der Waals surface area contributed by atoms with E-state index in [1.807, 2.05) is 24.3 Å². The van der Waals surface area contributed by atoms with Crippen molar-refractivity contribution in [1.29, 1.82) is 0 Å². The van der Waals surface area contributed by atoms with Crippen molar-refractivity contribution in [2.75, 3.05) is 19.7 Å². The minimum atomic E-state index is -0.855. The molecule has 1 atom stereocenters. The fourth-order valence-electron chi connectivity index (χ4n) is 3.39. The highest BCUT2D eigenvalue weighted by molar-refractivity contribution is 5.89. The molecule has 0 aromatic heterocycles. The fourth-order valence-corrected chi connectivity index (χ4v) is 3.39. The zero-order chi connectivity index (χ0) is 17.6. The van der Waals surface area contributed by atoms with E-state index in [-0.39, 0.29) is 0 Å². The summed E-state index contributed by atoms with van der Waals surface area (Å²) in [5.41, 5.74) is 2.52. The standard InChI is InChI=1S/C21H25NO3/c1-16-8-10-19(11-9-16)25-15-17-5-4-12-22(13-17)14-18-6-2-3-7-20(18)21(23)24/h2-3,6-11,17H,4-5,12-15H2,1H3,(H,23,24). The Hall–Kier alpha value is -2.33. The van der Waals surface area contributed by atoms with Gasteiger partial charge in [0.15, 0.2) is 0 Å². The zero-order valence-corrected chi connectivity index (χ0v) is 14.6. The molecule has 0 radical (unpaired) electrons. The normalized spacial score (nSPS) is 18.0. The molecule has 4 nitrogen and oxygen atoms in total. The molecule has 0 amide bonds. The second kappa shape index (κ2) is 8.17. The molecule has 1 saturated heterocycles. The summed E-state index contributed by atoms with van der Waals surface area (Å²) in [6, 6.07) is 15.4. The predicted molar refractivity (Wildman–Crippen MR) is 98.1 cm³/mol. The van der Waals surface area contributed by atoms with Gasteiger partial charge in [-0.15, -0.1) is 0 Å². The number of likely N-dealkylation sites (tertiary alicyclic amines) is 1. The average Bonchev–Trinajstić information content (AvgIpc) is 2.62. The van der Waals surface area contributed by atoms with Crippen molar-refractivity contribution < 1.29 is 14.6 Å². The first-order chi connectivity index (χ1) is 12.1. The van der Waals surface area contributed by atoms with Crippen molar-refractivity contribution in [2.45, 2.75) is 26.3 Å². The number of benzene rings is 2. The van der Waals surface area contributed by atoms with E-state index in [9.17, 15) is 9.90 Å². The van der Waals surface area contributed by atoms with Crippen LogP contribution in [0.15, 0.2) is 48.5 Å². The van der Waals surface area contributed by atoms with E-state index in [1.54, 1.807) is 12.1 Å². The number of nitrogens with zero attached hydrogens (tertiary/aromatic N) is 1. The number of rotatable bonds is 6. The topological polar surface area (TPSA) is 49.8 Å². The third-order valence-electron chi connectivity index (χ3n) is 4.75. The summed E-state index contributed by atoms with van der Waals surface area (Å²) in [6.45, 7) is 5.41. The van der Waals surface area contributed by atoms with E-state index in [4.69, 9.17) is 4.74 Å². The van der Waals surface area contributed by atoms with Crippen LogP contribution in [-0.2, 0) is 6.54 Å². The molecule has 0 aliphatic carbocycles. The van der Waals surface area contributed by atoms with E-state index < -0.39 is 5.97 Å². The van der Waals surface area contributed by atoms with Gasteiger partial charge >= 0.3 is 5.97 Å². The maximum absolute atomic E-state index is 11.4. The molecule has 2 aromatic rings. The van der Waals surface area contributed by atoms with E-state index in [1.165, 1.54) is 5.56 Å². The minimum Gasteiger partial charge on any atom is -0.493 e. The molecule has 1 N–H and O–H groups in total. The van der Waals surface area contributed by atoms with Gasteiger partial charge in [-0.2, -0.15) is 0 Å². The van der Waals surface area contributed by atoms with Gasteiger partial charge in [0.05, 0.1) is 12.2 Å². The fraction of sp³-hybridized carbons (Fsp3) is 0.381. The second-order valence-corrected chi connectivity index (χ2v) is 6.83. The van der Waals surface area contributed by atoms with Crippen molar-refractivity contribution in [3.63, 3.8) is 0 Å². The van der Waals surface area contributed by atoms with Crippen molar-refractivity contribution in [1.82, 2.24) is 4.90 Å². The van der Waals surface area contributed by atoms with Crippen LogP contribution >= 0.6 is 0 Å². The van der Waals surface area contributed by atoms with Crippen LogP contribution in [0.25, 0.3) is 0 Å². The molecule has 1 aliphatic rings. The number of piperidine rings is 1. The largest absolute Gasteiger partial charge is 0.493 e. The number of aryl methyl sites for hydroxylation is 1. The number of carboxylic acid groups (broad SMARTS) is 1. The van der Waals surface area contributed by atoms with Crippen LogP contribution in [0.2, 0.25) is 0 Å². The number of carbonyl (C=O) groups is 1. The Bertz CT molecular complexity index is 711. The summed E-state index contributed by atoms with van der Waals surface area (Å²) in [4.78, 5) is 13.7. The molecular formula is C21H25NO3. The minimum absolute atomic E-state index is 0.403. The van der Waals surface area contributed by atoms with E-state index in [0.717, 1.165) is 37.2 Å². The Morgan fingerprint density at radius 2 is 1.96 bits per heavy atom. The highest BCUT2D eigenvalue weighted by atomic mass is 16.5. The summed E-state index contributed by atoms with van der Waals surface area (Å²) >= 11 is 0. The summed E-state index contributed by atoms with van der Waals surface area (Å²) in [7, 11) is 0. The van der Waals surface area contributed by atoms with Crippen LogP contribution in [0.1, 0.15) is 34.3 Å². The first-order valence-electron chi connectivity index (χ1n) is 8.85. The molecule has 0 saturated carbocycles. The van der Waals surface area contributed by atoms with Gasteiger partial charge in [0.1, 0.15) is 5.75 Å². The molecule has 1 aliphatic heterocycles. The lowest BCUT2D eigenvalue weighted by Gasteiger charge is -2.32. The van der Waals surface area contributed by atoms with Crippen LogP contribution in [0, 0.1) is 12.8 Å². The molecule has 0 spiro atoms. The van der Waals surface area contributed by atoms with Gasteiger partial charge in [0.25, 0.3) is 0 Å². The lowest BCUT2D eigenvalue weighted by atomic mass is 9.97. The van der Waals surface area contributed by atoms with Gasteiger partial charge in [-0.3, -0.25) is 4.90 Å². The molecule has 4 heteroatoms. The summed E-state index contributed by atoms with van der Waals surface area (Å²) in [6.07, 6.45) is 2.28. The number of hydrogen-bond acceptors (Lipinski definition) is 3. The second-order valence-electron chi connectivity index (χ2n) is 6.83. The highest BCUT2D eigenvalue weighted by Crippen LogP contribution is 2.21. The van der Waals surface area contributed by atoms with Crippen LogP contribution in [0.5, 0.6) is 5.75 Å². The summed E-state index contributed by atoms with van der Waals surface area (Å²) < 4.78 is 5.94. The molecule has 0 bridgehead atoms. The average molecular weight is 339 g/mol. The smallest absolute Gasteiger partial charge is 0.336 e. The number of hydrogen-bond donors (Lipinski definition) is 1. The maximum Gasteiger partial charge on any atom is 0.336 e. The molecule has 1 heterocycles. The van der Waals surface area contributed by atoms with E-state index >= 15 is 0 Å². The first kappa shape index (κ1) is 17.5. The molecule has 3 rings (SSSR count). The molecule has 1 fully saturated rings. The third-order valence-corrected chi connectivity index (χ3v) is 4.75. The monoisotopic (exact) mass is 339 g/mol. The summed E-state index contributed by atoms with van der Waals surface area (Å²) in [5, 5.41) is 9.34. The van der Waals surface area contributed by atoms with Crippen molar-refractivity contribution >= 4 is 5.97 Å². The Kier molecular flexibility index (Phi) is 5.71. The Morgan fingerprint density at radius 1 is 1.20 bits per heavy atom. The van der Waals surface area contributed by atoms with E-state index in [2.05, 4.69) is 24.0 Å². The van der Waals surface area contributed by atoms with Gasteiger partial charge in [0, 0.05) is 19.0 Å². The Labute approximate surface area is 149 Å². The molecule has 132 valence electrons. The number of carboxylic acids is 1. The van der Waals surface area contributed by atoms with Crippen molar-refractivity contribution in [3.8, 4) is 5.75 Å². The highest BCUT2D eigenvalue weighted by Gasteiger charge is 2.22. The Balaban J connectivity index is 1.56. The van der Waals surface area contributed by atoms with Crippen molar-refractivity contribution in [3.05, 3.63) is 65.2 Å². The van der Waals surface area contributed by atoms with Crippen LogP contribution in [-0.4, -0.2) is 35.7 Å². The summed E-state index contributed by atoms with van der Waals surface area (Å²) in [5.74, 6) is 0.540. The molecular weight excluding hydrogens is 314 g/mol.